The van der Waals surface area contributed by atoms with Crippen molar-refractivity contribution in [2.24, 2.45) is 0 Å². The highest BCUT2D eigenvalue weighted by Crippen LogP contribution is 2.21. The summed E-state index contributed by atoms with van der Waals surface area (Å²) in [5, 5.41) is 8.94. The van der Waals surface area contributed by atoms with Crippen LogP contribution in [0.25, 0.3) is 0 Å². The smallest absolute Gasteiger partial charge is 0.335 e. The van der Waals surface area contributed by atoms with Crippen molar-refractivity contribution in [2.75, 3.05) is 13.7 Å². The van der Waals surface area contributed by atoms with E-state index in [2.05, 4.69) is 0 Å². The van der Waals surface area contributed by atoms with E-state index in [4.69, 9.17) is 9.84 Å². The number of methoxy groups -OCH3 is 1. The third-order valence-electron chi connectivity index (χ3n) is 3.73. The minimum Gasteiger partial charge on any atom is -0.497 e. The molecule has 134 valence electrons. The van der Waals surface area contributed by atoms with Gasteiger partial charge in [0.15, 0.2) is 0 Å². The van der Waals surface area contributed by atoms with Gasteiger partial charge < -0.3 is 9.84 Å². The molecule has 0 bridgehead atoms. The number of carboxylic acid groups (broad SMARTS) is 1. The highest BCUT2D eigenvalue weighted by molar-refractivity contribution is 7.89. The van der Waals surface area contributed by atoms with E-state index < -0.39 is 16.0 Å². The van der Waals surface area contributed by atoms with Crippen LogP contribution in [0.4, 0.5) is 0 Å². The second kappa shape index (κ2) is 8.13. The summed E-state index contributed by atoms with van der Waals surface area (Å²) in [6.07, 6.45) is 0.669. The average molecular weight is 363 g/mol. The van der Waals surface area contributed by atoms with Crippen molar-refractivity contribution in [3.63, 3.8) is 0 Å². The third kappa shape index (κ3) is 4.58. The predicted molar refractivity (Wildman–Crippen MR) is 94.3 cm³/mol. The SMILES string of the molecule is CCCN(Cc1ccc(OC)cc1)S(=O)(=O)c1ccc(C(=O)O)cc1. The Morgan fingerprint density at radius 1 is 1.08 bits per heavy atom. The van der Waals surface area contributed by atoms with Gasteiger partial charge in [0, 0.05) is 13.1 Å². The number of hydrogen-bond donors (Lipinski definition) is 1. The number of sulfonamides is 1. The number of nitrogens with zero attached hydrogens (tertiary/aromatic N) is 1. The standard InChI is InChI=1S/C18H21NO5S/c1-3-12-19(13-14-4-8-16(24-2)9-5-14)25(22,23)17-10-6-15(7-11-17)18(20)21/h4-11H,3,12-13H2,1-2H3,(H,20,21). The zero-order valence-electron chi connectivity index (χ0n) is 14.2. The third-order valence-corrected chi connectivity index (χ3v) is 5.59. The van der Waals surface area contributed by atoms with Crippen molar-refractivity contribution in [2.45, 2.75) is 24.8 Å². The van der Waals surface area contributed by atoms with Crippen LogP contribution in [0.2, 0.25) is 0 Å². The fraction of sp³-hybridized carbons (Fsp3) is 0.278. The molecule has 1 N–H and O–H groups in total. The molecule has 0 fully saturated rings. The first kappa shape index (κ1) is 19.0. The van der Waals surface area contributed by atoms with E-state index in [9.17, 15) is 13.2 Å². The summed E-state index contributed by atoms with van der Waals surface area (Å²) in [4.78, 5) is 11.0. The largest absolute Gasteiger partial charge is 0.497 e. The molecule has 0 amide bonds. The van der Waals surface area contributed by atoms with Crippen LogP contribution < -0.4 is 4.74 Å². The molecular formula is C18H21NO5S. The molecule has 2 rings (SSSR count). The molecule has 0 aromatic heterocycles. The Kier molecular flexibility index (Phi) is 6.17. The average Bonchev–Trinajstić information content (AvgIpc) is 2.62. The van der Waals surface area contributed by atoms with Crippen LogP contribution in [-0.4, -0.2) is 37.5 Å². The fourth-order valence-corrected chi connectivity index (χ4v) is 3.91. The first-order valence-corrected chi connectivity index (χ1v) is 9.29. The zero-order chi connectivity index (χ0) is 18.4. The van der Waals surface area contributed by atoms with Gasteiger partial charge in [0.05, 0.1) is 17.6 Å². The van der Waals surface area contributed by atoms with Gasteiger partial charge in [-0.1, -0.05) is 19.1 Å². The minimum atomic E-state index is -3.71. The Morgan fingerprint density at radius 2 is 1.68 bits per heavy atom. The van der Waals surface area contributed by atoms with Crippen molar-refractivity contribution in [3.05, 3.63) is 59.7 Å². The number of carbonyl (C=O) groups is 1. The van der Waals surface area contributed by atoms with Gasteiger partial charge >= 0.3 is 5.97 Å². The van der Waals surface area contributed by atoms with E-state index >= 15 is 0 Å². The Labute approximate surface area is 147 Å². The maximum atomic E-state index is 12.9. The van der Waals surface area contributed by atoms with E-state index in [-0.39, 0.29) is 17.0 Å². The second-order valence-corrected chi connectivity index (χ2v) is 7.45. The monoisotopic (exact) mass is 363 g/mol. The van der Waals surface area contributed by atoms with Crippen molar-refractivity contribution < 1.29 is 23.1 Å². The minimum absolute atomic E-state index is 0.0520. The van der Waals surface area contributed by atoms with Gasteiger partial charge in [0.25, 0.3) is 0 Å². The molecule has 0 aliphatic rings. The number of hydrogen-bond acceptors (Lipinski definition) is 4. The summed E-state index contributed by atoms with van der Waals surface area (Å²) in [6, 6.07) is 12.5. The maximum Gasteiger partial charge on any atom is 0.335 e. The number of ether oxygens (including phenoxy) is 1. The molecule has 0 radical (unpaired) electrons. The zero-order valence-corrected chi connectivity index (χ0v) is 15.0. The van der Waals surface area contributed by atoms with E-state index in [0.717, 1.165) is 5.56 Å². The Hall–Kier alpha value is -2.38. The predicted octanol–water partition coefficient (Wildman–Crippen LogP) is 2.99. The first-order valence-electron chi connectivity index (χ1n) is 7.85. The van der Waals surface area contributed by atoms with Gasteiger partial charge in [-0.15, -0.1) is 0 Å². The second-order valence-electron chi connectivity index (χ2n) is 5.52. The Bertz CT molecular complexity index is 814. The summed E-state index contributed by atoms with van der Waals surface area (Å²) in [7, 11) is -2.14. The van der Waals surface area contributed by atoms with Crippen LogP contribution in [0, 0.1) is 0 Å². The van der Waals surface area contributed by atoms with Crippen LogP contribution in [0.5, 0.6) is 5.75 Å². The lowest BCUT2D eigenvalue weighted by atomic mass is 10.2. The van der Waals surface area contributed by atoms with Gasteiger partial charge in [-0.05, 0) is 48.4 Å². The van der Waals surface area contributed by atoms with E-state index in [1.54, 1.807) is 19.2 Å². The van der Waals surface area contributed by atoms with Crippen LogP contribution in [0.1, 0.15) is 29.3 Å². The molecule has 25 heavy (non-hydrogen) atoms. The van der Waals surface area contributed by atoms with Crippen molar-refractivity contribution >= 4 is 16.0 Å². The lowest BCUT2D eigenvalue weighted by molar-refractivity contribution is 0.0696. The molecule has 2 aromatic carbocycles. The lowest BCUT2D eigenvalue weighted by Gasteiger charge is -2.22. The molecule has 0 saturated heterocycles. The molecule has 0 atom stereocenters. The van der Waals surface area contributed by atoms with Crippen molar-refractivity contribution in [1.82, 2.24) is 4.31 Å². The molecule has 0 unspecified atom stereocenters. The molecule has 0 heterocycles. The van der Waals surface area contributed by atoms with E-state index in [1.807, 2.05) is 19.1 Å². The summed E-state index contributed by atoms with van der Waals surface area (Å²) in [5.74, 6) is -0.384. The van der Waals surface area contributed by atoms with Gasteiger partial charge in [-0.2, -0.15) is 4.31 Å². The lowest BCUT2D eigenvalue weighted by Crippen LogP contribution is -2.31. The summed E-state index contributed by atoms with van der Waals surface area (Å²) < 4.78 is 32.3. The molecule has 0 aliphatic heterocycles. The highest BCUT2D eigenvalue weighted by atomic mass is 32.2. The summed E-state index contributed by atoms with van der Waals surface area (Å²) in [6.45, 7) is 2.51. The molecule has 0 saturated carbocycles. The first-order chi connectivity index (χ1) is 11.9. The number of rotatable bonds is 8. The number of carboxylic acids is 1. The topological polar surface area (TPSA) is 83.9 Å². The molecular weight excluding hydrogens is 342 g/mol. The van der Waals surface area contributed by atoms with Crippen molar-refractivity contribution in [3.8, 4) is 5.75 Å². The fourth-order valence-electron chi connectivity index (χ4n) is 2.39. The van der Waals surface area contributed by atoms with Crippen molar-refractivity contribution in [1.29, 1.82) is 0 Å². The van der Waals surface area contributed by atoms with Crippen LogP contribution in [0.15, 0.2) is 53.4 Å². The van der Waals surface area contributed by atoms with Crippen LogP contribution >= 0.6 is 0 Å². The van der Waals surface area contributed by atoms with E-state index in [1.165, 1.54) is 28.6 Å². The van der Waals surface area contributed by atoms with Gasteiger partial charge in [0.1, 0.15) is 5.75 Å². The summed E-state index contributed by atoms with van der Waals surface area (Å²) in [5.41, 5.74) is 0.899. The Balaban J connectivity index is 2.28. The molecule has 7 heteroatoms. The van der Waals surface area contributed by atoms with Crippen LogP contribution in [0.3, 0.4) is 0 Å². The summed E-state index contributed by atoms with van der Waals surface area (Å²) >= 11 is 0. The van der Waals surface area contributed by atoms with Gasteiger partial charge in [-0.25, -0.2) is 13.2 Å². The molecule has 0 aliphatic carbocycles. The van der Waals surface area contributed by atoms with Gasteiger partial charge in [0.2, 0.25) is 10.0 Å². The quantitative estimate of drug-likeness (QED) is 0.779. The number of benzene rings is 2. The van der Waals surface area contributed by atoms with E-state index in [0.29, 0.717) is 18.7 Å². The molecule has 0 spiro atoms. The van der Waals surface area contributed by atoms with Gasteiger partial charge in [-0.3, -0.25) is 0 Å². The maximum absolute atomic E-state index is 12.9. The highest BCUT2D eigenvalue weighted by Gasteiger charge is 2.24. The molecule has 2 aromatic rings. The number of aromatic carboxylic acids is 1. The molecule has 6 nitrogen and oxygen atoms in total. The normalized spacial score (nSPS) is 11.5. The van der Waals surface area contributed by atoms with Crippen LogP contribution in [-0.2, 0) is 16.6 Å². The Morgan fingerprint density at radius 3 is 2.16 bits per heavy atom.